The Balaban J connectivity index is 1.24. The lowest BCUT2D eigenvalue weighted by molar-refractivity contribution is 0.0970. The summed E-state index contributed by atoms with van der Waals surface area (Å²) >= 11 is 0. The zero-order valence-electron chi connectivity index (χ0n) is 26.0. The summed E-state index contributed by atoms with van der Waals surface area (Å²) in [7, 11) is 0. The van der Waals surface area contributed by atoms with Crippen molar-refractivity contribution in [1.29, 1.82) is 0 Å². The van der Waals surface area contributed by atoms with Crippen molar-refractivity contribution in [2.24, 2.45) is 5.41 Å². The molecule has 0 bridgehead atoms. The summed E-state index contributed by atoms with van der Waals surface area (Å²) in [5.41, 5.74) is 1.47. The minimum absolute atomic E-state index is 0.0411. The summed E-state index contributed by atoms with van der Waals surface area (Å²) < 4.78 is 59.3. The van der Waals surface area contributed by atoms with Gasteiger partial charge in [-0.3, -0.25) is 4.90 Å². The molecule has 3 aromatic rings. The van der Waals surface area contributed by atoms with Gasteiger partial charge in [0.05, 0.1) is 12.1 Å². The van der Waals surface area contributed by atoms with Gasteiger partial charge in [-0.1, -0.05) is 36.4 Å². The van der Waals surface area contributed by atoms with Crippen LogP contribution in [0.3, 0.4) is 0 Å². The summed E-state index contributed by atoms with van der Waals surface area (Å²) in [6, 6.07) is 17.5. The first kappa shape index (κ1) is 31.0. The van der Waals surface area contributed by atoms with E-state index >= 15 is 8.78 Å². The molecule has 1 N–H and O–H groups in total. The standard InChI is InChI=1S/C37H45F3N2O2/c1-36(2,40)25-42-19-13-27-20-28(43-24-26-8-4-3-5-9-26)10-11-31(27)35(42)34-32(38)21-30(22-33(34)39)44-29-12-16-37(23-29)14-6-17-41-18-7-15-37/h3-5,8-11,20-22,29,35,41H,6-7,12-19,23-25H2,1-2H3. The van der Waals surface area contributed by atoms with Crippen LogP contribution < -0.4 is 14.8 Å². The van der Waals surface area contributed by atoms with Gasteiger partial charge in [0.15, 0.2) is 0 Å². The summed E-state index contributed by atoms with van der Waals surface area (Å²) in [5.74, 6) is -0.385. The van der Waals surface area contributed by atoms with E-state index in [0.29, 0.717) is 25.3 Å². The van der Waals surface area contributed by atoms with E-state index in [4.69, 9.17) is 9.47 Å². The van der Waals surface area contributed by atoms with E-state index < -0.39 is 23.3 Å². The van der Waals surface area contributed by atoms with E-state index in [2.05, 4.69) is 5.32 Å². The molecular weight excluding hydrogens is 561 g/mol. The monoisotopic (exact) mass is 606 g/mol. The topological polar surface area (TPSA) is 33.7 Å². The summed E-state index contributed by atoms with van der Waals surface area (Å²) in [5, 5.41) is 3.48. The van der Waals surface area contributed by atoms with Crippen molar-refractivity contribution in [3.63, 3.8) is 0 Å². The largest absolute Gasteiger partial charge is 0.490 e. The second-order valence-corrected chi connectivity index (χ2v) is 13.7. The van der Waals surface area contributed by atoms with Gasteiger partial charge in [0, 0.05) is 30.8 Å². The number of ether oxygens (including phenoxy) is 2. The maximum atomic E-state index is 16.0. The van der Waals surface area contributed by atoms with Gasteiger partial charge in [-0.2, -0.15) is 0 Å². The van der Waals surface area contributed by atoms with E-state index in [1.807, 2.05) is 53.4 Å². The Morgan fingerprint density at radius 1 is 0.932 bits per heavy atom. The van der Waals surface area contributed by atoms with Gasteiger partial charge in [0.1, 0.15) is 35.4 Å². The molecule has 6 rings (SSSR count). The number of fused-ring (bicyclic) bond motifs is 1. The Morgan fingerprint density at radius 3 is 2.36 bits per heavy atom. The van der Waals surface area contributed by atoms with Crippen LogP contribution in [0.1, 0.15) is 87.1 Å². The molecule has 3 aromatic carbocycles. The minimum atomic E-state index is -1.53. The van der Waals surface area contributed by atoms with Crippen LogP contribution in [0.4, 0.5) is 13.2 Å². The Labute approximate surface area is 259 Å². The molecule has 3 aliphatic rings. The average molecular weight is 607 g/mol. The van der Waals surface area contributed by atoms with Crippen LogP contribution in [0.15, 0.2) is 60.7 Å². The minimum Gasteiger partial charge on any atom is -0.490 e. The third-order valence-corrected chi connectivity index (χ3v) is 9.68. The lowest BCUT2D eigenvalue weighted by atomic mass is 9.77. The van der Waals surface area contributed by atoms with Crippen molar-refractivity contribution in [2.75, 3.05) is 26.2 Å². The van der Waals surface area contributed by atoms with Gasteiger partial charge in [-0.15, -0.1) is 0 Å². The zero-order valence-corrected chi connectivity index (χ0v) is 26.0. The lowest BCUT2D eigenvalue weighted by Gasteiger charge is -2.40. The summed E-state index contributed by atoms with van der Waals surface area (Å²) in [6.45, 7) is 6.07. The summed E-state index contributed by atoms with van der Waals surface area (Å²) in [6.07, 6.45) is 8.18. The fourth-order valence-electron chi connectivity index (χ4n) is 7.70. The smallest absolute Gasteiger partial charge is 0.134 e. The molecule has 236 valence electrons. The molecular formula is C37H45F3N2O2. The van der Waals surface area contributed by atoms with Crippen LogP contribution in [0.2, 0.25) is 0 Å². The fraction of sp³-hybridized carbons (Fsp3) is 0.514. The highest BCUT2D eigenvalue weighted by molar-refractivity contribution is 5.46. The van der Waals surface area contributed by atoms with Crippen LogP contribution in [-0.4, -0.2) is 42.9 Å². The second kappa shape index (κ2) is 13.1. The van der Waals surface area contributed by atoms with Crippen LogP contribution in [-0.2, 0) is 13.0 Å². The third-order valence-electron chi connectivity index (χ3n) is 9.68. The van der Waals surface area contributed by atoms with Gasteiger partial charge in [0.25, 0.3) is 0 Å². The van der Waals surface area contributed by atoms with Crippen LogP contribution in [0.25, 0.3) is 0 Å². The third kappa shape index (κ3) is 7.26. The highest BCUT2D eigenvalue weighted by Crippen LogP contribution is 2.48. The molecule has 2 aliphatic heterocycles. The zero-order chi connectivity index (χ0) is 30.7. The van der Waals surface area contributed by atoms with E-state index in [-0.39, 0.29) is 29.4 Å². The Kier molecular flexibility index (Phi) is 9.25. The number of hydrogen-bond donors (Lipinski definition) is 1. The van der Waals surface area contributed by atoms with Crippen LogP contribution in [0, 0.1) is 17.0 Å². The molecule has 7 heteroatoms. The molecule has 2 heterocycles. The number of nitrogens with one attached hydrogen (secondary N) is 1. The van der Waals surface area contributed by atoms with Crippen molar-refractivity contribution in [2.45, 2.75) is 89.6 Å². The van der Waals surface area contributed by atoms with Gasteiger partial charge >= 0.3 is 0 Å². The first-order chi connectivity index (χ1) is 21.2. The molecule has 1 saturated carbocycles. The predicted octanol–water partition coefficient (Wildman–Crippen LogP) is 8.32. The molecule has 1 spiro atoms. The number of benzene rings is 3. The van der Waals surface area contributed by atoms with Crippen molar-refractivity contribution in [1.82, 2.24) is 10.2 Å². The second-order valence-electron chi connectivity index (χ2n) is 13.7. The highest BCUT2D eigenvalue weighted by Gasteiger charge is 2.40. The van der Waals surface area contributed by atoms with Crippen LogP contribution in [0.5, 0.6) is 11.5 Å². The number of hydrogen-bond acceptors (Lipinski definition) is 4. The van der Waals surface area contributed by atoms with Crippen molar-refractivity contribution in [3.05, 3.63) is 94.6 Å². The highest BCUT2D eigenvalue weighted by atomic mass is 19.1. The molecule has 0 aromatic heterocycles. The van der Waals surface area contributed by atoms with Crippen molar-refractivity contribution in [3.8, 4) is 11.5 Å². The lowest BCUT2D eigenvalue weighted by Crippen LogP contribution is -2.43. The van der Waals surface area contributed by atoms with Gasteiger partial charge in [-0.25, -0.2) is 13.2 Å². The first-order valence-electron chi connectivity index (χ1n) is 16.3. The average Bonchev–Trinajstić information content (AvgIpc) is 3.37. The van der Waals surface area contributed by atoms with Gasteiger partial charge in [0.2, 0.25) is 0 Å². The number of halogens is 3. The molecule has 1 aliphatic carbocycles. The normalized spacial score (nSPS) is 22.3. The van der Waals surface area contributed by atoms with Gasteiger partial charge in [-0.05, 0) is 113 Å². The molecule has 2 atom stereocenters. The number of alkyl halides is 1. The van der Waals surface area contributed by atoms with E-state index in [0.717, 1.165) is 61.9 Å². The molecule has 4 nitrogen and oxygen atoms in total. The van der Waals surface area contributed by atoms with E-state index in [1.54, 1.807) is 0 Å². The molecule has 2 unspecified atom stereocenters. The quantitative estimate of drug-likeness (QED) is 0.280. The van der Waals surface area contributed by atoms with E-state index in [1.165, 1.54) is 38.8 Å². The van der Waals surface area contributed by atoms with Crippen molar-refractivity contribution >= 4 is 0 Å². The Hall–Kier alpha value is -3.03. The predicted molar refractivity (Wildman–Crippen MR) is 168 cm³/mol. The van der Waals surface area contributed by atoms with E-state index in [9.17, 15) is 4.39 Å². The number of nitrogens with zero attached hydrogens (tertiary/aromatic N) is 1. The van der Waals surface area contributed by atoms with Crippen molar-refractivity contribution < 1.29 is 22.6 Å². The number of rotatable bonds is 8. The first-order valence-corrected chi connectivity index (χ1v) is 16.3. The molecule has 2 fully saturated rings. The van der Waals surface area contributed by atoms with Gasteiger partial charge < -0.3 is 14.8 Å². The maximum Gasteiger partial charge on any atom is 0.134 e. The SMILES string of the molecule is CC(C)(F)CN1CCc2cc(OCc3ccccc3)ccc2C1c1c(F)cc(OC2CCC3(CCCNCCC3)C2)cc1F. The maximum absolute atomic E-state index is 16.0. The molecule has 44 heavy (non-hydrogen) atoms. The Bertz CT molecular complexity index is 1390. The Morgan fingerprint density at radius 2 is 1.66 bits per heavy atom. The summed E-state index contributed by atoms with van der Waals surface area (Å²) in [4.78, 5) is 1.86. The molecule has 0 radical (unpaired) electrons. The fourth-order valence-corrected chi connectivity index (χ4v) is 7.70. The van der Waals surface area contributed by atoms with Crippen LogP contribution >= 0.6 is 0 Å². The molecule has 1 saturated heterocycles. The molecule has 0 amide bonds.